The third-order valence-electron chi connectivity index (χ3n) is 2.78. The number of hydrogen-bond acceptors (Lipinski definition) is 5. The largest absolute Gasteiger partial charge is 0.478 e. The summed E-state index contributed by atoms with van der Waals surface area (Å²) in [6, 6.07) is 1.89. The van der Waals surface area contributed by atoms with Gasteiger partial charge in [0.2, 0.25) is 5.88 Å². The van der Waals surface area contributed by atoms with Crippen LogP contribution in [0.2, 0.25) is 0 Å². The predicted octanol–water partition coefficient (Wildman–Crippen LogP) is 2.75. The maximum absolute atomic E-state index is 5.63. The summed E-state index contributed by atoms with van der Waals surface area (Å²) in [6.07, 6.45) is 2.06. The number of ether oxygens (including phenoxy) is 1. The molecule has 0 fully saturated rings. The molecule has 0 atom stereocenters. The first kappa shape index (κ1) is 16.7. The Morgan fingerprint density at radius 2 is 2.05 bits per heavy atom. The Bertz CT molecular complexity index is 393. The van der Waals surface area contributed by atoms with Crippen LogP contribution in [0.4, 0.5) is 5.82 Å². The third-order valence-corrected chi connectivity index (χ3v) is 2.78. The predicted molar refractivity (Wildman–Crippen MR) is 83.6 cm³/mol. The first-order valence-corrected chi connectivity index (χ1v) is 7.43. The average molecular weight is 280 g/mol. The summed E-state index contributed by atoms with van der Waals surface area (Å²) in [5, 5.41) is 3.35. The van der Waals surface area contributed by atoms with Crippen molar-refractivity contribution in [2.24, 2.45) is 0 Å². The highest BCUT2D eigenvalue weighted by molar-refractivity contribution is 5.38. The van der Waals surface area contributed by atoms with Crippen LogP contribution in [0.5, 0.6) is 5.88 Å². The van der Waals surface area contributed by atoms with Crippen LogP contribution in [0, 0.1) is 0 Å². The van der Waals surface area contributed by atoms with Gasteiger partial charge in [0.05, 0.1) is 6.61 Å². The zero-order valence-electron chi connectivity index (χ0n) is 13.4. The minimum atomic E-state index is 0.294. The zero-order valence-corrected chi connectivity index (χ0v) is 13.4. The second-order valence-electron chi connectivity index (χ2n) is 5.54. The van der Waals surface area contributed by atoms with Crippen molar-refractivity contribution in [1.82, 2.24) is 14.9 Å². The molecule has 0 unspecified atom stereocenters. The molecule has 1 aromatic rings. The van der Waals surface area contributed by atoms with Gasteiger partial charge in [-0.15, -0.1) is 0 Å². The number of hydrogen-bond donors (Lipinski definition) is 1. The SMILES string of the molecule is CCCOc1cc(NCCCN(C)C)nc(C(C)C)n1. The minimum absolute atomic E-state index is 0.294. The van der Waals surface area contributed by atoms with E-state index in [1.165, 1.54) is 0 Å². The molecular weight excluding hydrogens is 252 g/mol. The summed E-state index contributed by atoms with van der Waals surface area (Å²) in [7, 11) is 4.16. The van der Waals surface area contributed by atoms with Gasteiger partial charge in [0.25, 0.3) is 0 Å². The van der Waals surface area contributed by atoms with Gasteiger partial charge in [0.1, 0.15) is 11.6 Å². The topological polar surface area (TPSA) is 50.3 Å². The molecule has 0 saturated heterocycles. The van der Waals surface area contributed by atoms with E-state index in [1.807, 2.05) is 6.07 Å². The molecule has 0 aromatic carbocycles. The number of rotatable bonds is 9. The van der Waals surface area contributed by atoms with Crippen molar-refractivity contribution in [3.8, 4) is 5.88 Å². The molecule has 0 bridgehead atoms. The molecule has 1 rings (SSSR count). The molecule has 0 radical (unpaired) electrons. The van der Waals surface area contributed by atoms with Crippen LogP contribution in [-0.2, 0) is 0 Å². The lowest BCUT2D eigenvalue weighted by molar-refractivity contribution is 0.303. The molecule has 0 saturated carbocycles. The molecule has 5 heteroatoms. The van der Waals surface area contributed by atoms with Crippen LogP contribution in [0.3, 0.4) is 0 Å². The molecule has 0 spiro atoms. The summed E-state index contributed by atoms with van der Waals surface area (Å²) < 4.78 is 5.63. The second kappa shape index (κ2) is 8.74. The van der Waals surface area contributed by atoms with Crippen LogP contribution in [-0.4, -0.2) is 48.7 Å². The van der Waals surface area contributed by atoms with E-state index < -0.39 is 0 Å². The highest BCUT2D eigenvalue weighted by Crippen LogP contribution is 2.18. The summed E-state index contributed by atoms with van der Waals surface area (Å²) in [5.41, 5.74) is 0. The molecule has 114 valence electrons. The molecular formula is C15H28N4O. The summed E-state index contributed by atoms with van der Waals surface area (Å²) in [5.74, 6) is 2.64. The average Bonchev–Trinajstić information content (AvgIpc) is 2.41. The van der Waals surface area contributed by atoms with Crippen LogP contribution < -0.4 is 10.1 Å². The van der Waals surface area contributed by atoms with E-state index in [9.17, 15) is 0 Å². The normalized spacial score (nSPS) is 11.2. The smallest absolute Gasteiger partial charge is 0.218 e. The van der Waals surface area contributed by atoms with Gasteiger partial charge in [-0.2, -0.15) is 4.98 Å². The fourth-order valence-electron chi connectivity index (χ4n) is 1.68. The molecule has 1 N–H and O–H groups in total. The molecule has 0 amide bonds. The van der Waals surface area contributed by atoms with Gasteiger partial charge in [-0.25, -0.2) is 4.98 Å². The highest BCUT2D eigenvalue weighted by Gasteiger charge is 2.08. The third kappa shape index (κ3) is 6.19. The maximum Gasteiger partial charge on any atom is 0.218 e. The fourth-order valence-corrected chi connectivity index (χ4v) is 1.68. The Labute approximate surface area is 122 Å². The lowest BCUT2D eigenvalue weighted by atomic mass is 10.2. The number of nitrogens with one attached hydrogen (secondary N) is 1. The van der Waals surface area contributed by atoms with Gasteiger partial charge in [0.15, 0.2) is 0 Å². The lowest BCUT2D eigenvalue weighted by Gasteiger charge is -2.13. The molecule has 20 heavy (non-hydrogen) atoms. The molecule has 0 aliphatic carbocycles. The van der Waals surface area contributed by atoms with Crippen molar-refractivity contribution in [1.29, 1.82) is 0 Å². The summed E-state index contributed by atoms with van der Waals surface area (Å²) in [6.45, 7) is 8.93. The van der Waals surface area contributed by atoms with E-state index in [4.69, 9.17) is 4.74 Å². The second-order valence-corrected chi connectivity index (χ2v) is 5.54. The summed E-state index contributed by atoms with van der Waals surface area (Å²) >= 11 is 0. The van der Waals surface area contributed by atoms with E-state index >= 15 is 0 Å². The summed E-state index contributed by atoms with van der Waals surface area (Å²) in [4.78, 5) is 11.2. The molecule has 5 nitrogen and oxygen atoms in total. The number of anilines is 1. The van der Waals surface area contributed by atoms with Gasteiger partial charge in [0, 0.05) is 18.5 Å². The monoisotopic (exact) mass is 280 g/mol. The number of aromatic nitrogens is 2. The van der Waals surface area contributed by atoms with Gasteiger partial charge >= 0.3 is 0 Å². The molecule has 1 heterocycles. The van der Waals surface area contributed by atoms with Crippen LogP contribution >= 0.6 is 0 Å². The van der Waals surface area contributed by atoms with Crippen molar-refractivity contribution in [2.75, 3.05) is 39.1 Å². The standard InChI is InChI=1S/C15H28N4O/c1-6-10-20-14-11-13(16-8-7-9-19(4)5)17-15(18-14)12(2)3/h11-12H,6-10H2,1-5H3,(H,16,17,18). The minimum Gasteiger partial charge on any atom is -0.478 e. The molecule has 0 aliphatic rings. The first-order valence-electron chi connectivity index (χ1n) is 7.43. The van der Waals surface area contributed by atoms with Gasteiger partial charge in [-0.05, 0) is 33.5 Å². The first-order chi connectivity index (χ1) is 9.52. The zero-order chi connectivity index (χ0) is 15.0. The van der Waals surface area contributed by atoms with E-state index in [2.05, 4.69) is 55.1 Å². The molecule has 1 aromatic heterocycles. The Balaban J connectivity index is 2.65. The van der Waals surface area contributed by atoms with E-state index in [0.717, 1.165) is 37.6 Å². The highest BCUT2D eigenvalue weighted by atomic mass is 16.5. The Kier molecular flexibility index (Phi) is 7.30. The quantitative estimate of drug-likeness (QED) is 0.705. The van der Waals surface area contributed by atoms with Crippen molar-refractivity contribution >= 4 is 5.82 Å². The van der Waals surface area contributed by atoms with E-state index in [-0.39, 0.29) is 0 Å². The van der Waals surface area contributed by atoms with Crippen LogP contribution in [0.15, 0.2) is 6.07 Å². The van der Waals surface area contributed by atoms with Crippen molar-refractivity contribution in [3.63, 3.8) is 0 Å². The van der Waals surface area contributed by atoms with E-state index in [1.54, 1.807) is 0 Å². The fraction of sp³-hybridized carbons (Fsp3) is 0.733. The van der Waals surface area contributed by atoms with Gasteiger partial charge < -0.3 is 15.0 Å². The van der Waals surface area contributed by atoms with Crippen LogP contribution in [0.25, 0.3) is 0 Å². The Morgan fingerprint density at radius 1 is 1.30 bits per heavy atom. The maximum atomic E-state index is 5.63. The molecule has 0 aliphatic heterocycles. The number of nitrogens with zero attached hydrogens (tertiary/aromatic N) is 3. The van der Waals surface area contributed by atoms with Gasteiger partial charge in [-0.3, -0.25) is 0 Å². The van der Waals surface area contributed by atoms with E-state index in [0.29, 0.717) is 18.4 Å². The van der Waals surface area contributed by atoms with Crippen molar-refractivity contribution < 1.29 is 4.74 Å². The van der Waals surface area contributed by atoms with Crippen molar-refractivity contribution in [3.05, 3.63) is 11.9 Å². The Hall–Kier alpha value is -1.36. The Morgan fingerprint density at radius 3 is 2.65 bits per heavy atom. The lowest BCUT2D eigenvalue weighted by Crippen LogP contribution is -2.17. The van der Waals surface area contributed by atoms with Gasteiger partial charge in [-0.1, -0.05) is 20.8 Å². The van der Waals surface area contributed by atoms with Crippen molar-refractivity contribution in [2.45, 2.75) is 39.5 Å². The van der Waals surface area contributed by atoms with Crippen LogP contribution in [0.1, 0.15) is 45.4 Å².